The number of hydrogen-bond acceptors (Lipinski definition) is 6. The molecule has 0 aliphatic carbocycles. The Morgan fingerprint density at radius 3 is 2.86 bits per heavy atom. The number of para-hydroxylation sites is 1. The van der Waals surface area contributed by atoms with Crippen molar-refractivity contribution in [1.29, 1.82) is 0 Å². The minimum absolute atomic E-state index is 0.0115. The fraction of sp³-hybridized carbons (Fsp3) is 0.345. The highest BCUT2D eigenvalue weighted by Gasteiger charge is 2.24. The summed E-state index contributed by atoms with van der Waals surface area (Å²) in [5, 5.41) is 5.37. The molecule has 0 saturated carbocycles. The van der Waals surface area contributed by atoms with Crippen LogP contribution in [0.4, 0.5) is 15.8 Å². The average molecular weight is 518 g/mol. The van der Waals surface area contributed by atoms with Gasteiger partial charge in [-0.25, -0.2) is 9.37 Å². The van der Waals surface area contributed by atoms with E-state index in [1.807, 2.05) is 17.2 Å². The molecule has 2 aliphatic heterocycles. The molecule has 1 aromatic heterocycles. The van der Waals surface area contributed by atoms with Crippen LogP contribution in [-0.2, 0) is 6.42 Å². The number of nitrogens with one attached hydrogen (secondary N) is 1. The SMILES string of the molecule is CC1N=CC(c2nc(C(=O)Nc3cccc(F)c3N3CCCC(N)C3)cs2)=CCC1Cc1ccccc1. The number of nitrogens with zero attached hydrogens (tertiary/aromatic N) is 3. The van der Waals surface area contributed by atoms with Crippen molar-refractivity contribution in [1.82, 2.24) is 4.98 Å². The van der Waals surface area contributed by atoms with Gasteiger partial charge < -0.3 is 16.0 Å². The molecule has 2 aliphatic rings. The first-order valence-corrected chi connectivity index (χ1v) is 13.7. The fourth-order valence-corrected chi connectivity index (χ4v) is 5.81. The van der Waals surface area contributed by atoms with Crippen LogP contribution in [-0.4, -0.2) is 42.3 Å². The summed E-state index contributed by atoms with van der Waals surface area (Å²) in [6.45, 7) is 3.41. The minimum atomic E-state index is -0.370. The number of aromatic nitrogens is 1. The largest absolute Gasteiger partial charge is 0.366 e. The Labute approximate surface area is 221 Å². The highest BCUT2D eigenvalue weighted by Crippen LogP contribution is 2.32. The van der Waals surface area contributed by atoms with Gasteiger partial charge in [0, 0.05) is 36.3 Å². The van der Waals surface area contributed by atoms with Gasteiger partial charge in [0.1, 0.15) is 16.5 Å². The predicted molar refractivity (Wildman–Crippen MR) is 150 cm³/mol. The van der Waals surface area contributed by atoms with Gasteiger partial charge in [-0.05, 0) is 56.2 Å². The number of carbonyl (C=O) groups excluding carboxylic acids is 1. The highest BCUT2D eigenvalue weighted by molar-refractivity contribution is 7.11. The summed E-state index contributed by atoms with van der Waals surface area (Å²) in [7, 11) is 0. The Morgan fingerprint density at radius 2 is 2.05 bits per heavy atom. The number of allylic oxidation sites excluding steroid dienone is 2. The number of aliphatic imine (C=N–C) groups is 1. The molecule has 8 heteroatoms. The van der Waals surface area contributed by atoms with Crippen LogP contribution in [0.5, 0.6) is 0 Å². The molecule has 6 nitrogen and oxygen atoms in total. The van der Waals surface area contributed by atoms with Crippen molar-refractivity contribution in [3.63, 3.8) is 0 Å². The van der Waals surface area contributed by atoms with E-state index in [1.165, 1.54) is 23.0 Å². The molecule has 2 aromatic carbocycles. The average Bonchev–Trinajstić information content (AvgIpc) is 3.32. The number of amides is 1. The molecule has 3 N–H and O–H groups in total. The van der Waals surface area contributed by atoms with Crippen LogP contribution in [0.3, 0.4) is 0 Å². The van der Waals surface area contributed by atoms with Crippen LogP contribution in [0.1, 0.15) is 47.2 Å². The molecule has 192 valence electrons. The van der Waals surface area contributed by atoms with Crippen molar-refractivity contribution in [2.45, 2.75) is 44.7 Å². The molecule has 5 rings (SSSR count). The standard InChI is InChI=1S/C29H32FN5OS/c1-19-21(15-20-7-3-2-4-8-20)12-13-22(16-32-19)29-34-26(18-37-29)28(36)33-25-11-5-10-24(30)27(25)35-14-6-9-23(31)17-35/h2-5,7-8,10-11,13,16,18-19,21,23H,6,9,12,14-15,17,31H2,1H3,(H,33,36). The number of hydrogen-bond donors (Lipinski definition) is 2. The summed E-state index contributed by atoms with van der Waals surface area (Å²) < 4.78 is 14.8. The van der Waals surface area contributed by atoms with Crippen LogP contribution >= 0.6 is 11.3 Å². The summed E-state index contributed by atoms with van der Waals surface area (Å²) in [6.07, 6.45) is 7.70. The number of thiazole rings is 1. The quantitative estimate of drug-likeness (QED) is 0.448. The molecule has 0 spiro atoms. The maximum Gasteiger partial charge on any atom is 0.275 e. The molecule has 0 radical (unpaired) electrons. The zero-order valence-corrected chi connectivity index (χ0v) is 21.8. The Balaban J connectivity index is 1.30. The van der Waals surface area contributed by atoms with Crippen LogP contribution in [0.2, 0.25) is 0 Å². The van der Waals surface area contributed by atoms with E-state index >= 15 is 0 Å². The predicted octanol–water partition coefficient (Wildman–Crippen LogP) is 5.57. The van der Waals surface area contributed by atoms with E-state index in [-0.39, 0.29) is 23.8 Å². The number of rotatable bonds is 6. The molecule has 1 amide bonds. The van der Waals surface area contributed by atoms with Crippen molar-refractivity contribution >= 4 is 40.4 Å². The van der Waals surface area contributed by atoms with E-state index in [1.54, 1.807) is 17.5 Å². The van der Waals surface area contributed by atoms with E-state index in [0.29, 0.717) is 36.1 Å². The van der Waals surface area contributed by atoms with E-state index in [2.05, 4.69) is 47.6 Å². The fourth-order valence-electron chi connectivity index (χ4n) is 5.01. The number of carbonyl (C=O) groups is 1. The van der Waals surface area contributed by atoms with E-state index in [0.717, 1.165) is 36.3 Å². The molecule has 3 atom stereocenters. The van der Waals surface area contributed by atoms with Crippen molar-refractivity contribution in [3.05, 3.63) is 82.1 Å². The van der Waals surface area contributed by atoms with Gasteiger partial charge in [-0.15, -0.1) is 11.3 Å². The number of nitrogens with two attached hydrogens (primary N) is 1. The first-order valence-electron chi connectivity index (χ1n) is 12.8. The number of anilines is 2. The van der Waals surface area contributed by atoms with Gasteiger partial charge in [0.2, 0.25) is 0 Å². The topological polar surface area (TPSA) is 83.6 Å². The molecule has 1 saturated heterocycles. The van der Waals surface area contributed by atoms with Gasteiger partial charge in [-0.2, -0.15) is 0 Å². The van der Waals surface area contributed by atoms with Crippen LogP contribution in [0, 0.1) is 11.7 Å². The Bertz CT molecular complexity index is 1300. The zero-order valence-electron chi connectivity index (χ0n) is 20.9. The molecular formula is C29H32FN5OS. The molecule has 3 aromatic rings. The molecule has 3 heterocycles. The van der Waals surface area contributed by atoms with Crippen LogP contribution in [0.25, 0.3) is 5.57 Å². The van der Waals surface area contributed by atoms with Crippen LogP contribution < -0.4 is 16.0 Å². The van der Waals surface area contributed by atoms with Gasteiger partial charge in [0.15, 0.2) is 0 Å². The van der Waals surface area contributed by atoms with Gasteiger partial charge in [-0.3, -0.25) is 9.79 Å². The van der Waals surface area contributed by atoms with E-state index < -0.39 is 0 Å². The lowest BCUT2D eigenvalue weighted by atomic mass is 9.90. The second-order valence-electron chi connectivity index (χ2n) is 9.84. The Hall–Kier alpha value is -3.36. The molecular weight excluding hydrogens is 485 g/mol. The third-order valence-electron chi connectivity index (χ3n) is 7.11. The third-order valence-corrected chi connectivity index (χ3v) is 8.00. The summed E-state index contributed by atoms with van der Waals surface area (Å²) in [5.74, 6) is -0.338. The van der Waals surface area contributed by atoms with E-state index in [9.17, 15) is 9.18 Å². The second kappa shape index (κ2) is 11.4. The molecule has 37 heavy (non-hydrogen) atoms. The number of benzene rings is 2. The van der Waals surface area contributed by atoms with E-state index in [4.69, 9.17) is 10.7 Å². The summed E-state index contributed by atoms with van der Waals surface area (Å²) in [5.41, 5.74) is 9.48. The van der Waals surface area contributed by atoms with Crippen molar-refractivity contribution in [3.8, 4) is 0 Å². The lowest BCUT2D eigenvalue weighted by Gasteiger charge is -2.34. The summed E-state index contributed by atoms with van der Waals surface area (Å²) in [4.78, 5) is 24.4. The monoisotopic (exact) mass is 517 g/mol. The van der Waals surface area contributed by atoms with Crippen molar-refractivity contribution < 1.29 is 9.18 Å². The maximum atomic E-state index is 14.8. The highest BCUT2D eigenvalue weighted by atomic mass is 32.1. The number of halogens is 1. The van der Waals surface area contributed by atoms with Crippen molar-refractivity contribution in [2.75, 3.05) is 23.3 Å². The second-order valence-corrected chi connectivity index (χ2v) is 10.7. The smallest absolute Gasteiger partial charge is 0.275 e. The zero-order chi connectivity index (χ0) is 25.8. The van der Waals surface area contributed by atoms with Gasteiger partial charge in [0.05, 0.1) is 17.4 Å². The molecule has 1 fully saturated rings. The number of piperidine rings is 1. The summed E-state index contributed by atoms with van der Waals surface area (Å²) in [6, 6.07) is 15.4. The Kier molecular flexibility index (Phi) is 7.76. The van der Waals surface area contributed by atoms with Gasteiger partial charge in [0.25, 0.3) is 5.91 Å². The van der Waals surface area contributed by atoms with Crippen molar-refractivity contribution in [2.24, 2.45) is 16.6 Å². The summed E-state index contributed by atoms with van der Waals surface area (Å²) >= 11 is 1.41. The normalized spacial score (nSPS) is 21.9. The first kappa shape index (κ1) is 25.3. The molecule has 3 unspecified atom stereocenters. The third kappa shape index (κ3) is 5.97. The maximum absolute atomic E-state index is 14.8. The Morgan fingerprint density at radius 1 is 1.22 bits per heavy atom. The molecule has 0 bridgehead atoms. The lowest BCUT2D eigenvalue weighted by molar-refractivity contribution is 0.102. The lowest BCUT2D eigenvalue weighted by Crippen LogP contribution is -2.43. The van der Waals surface area contributed by atoms with Gasteiger partial charge >= 0.3 is 0 Å². The first-order chi connectivity index (χ1) is 18.0. The van der Waals surface area contributed by atoms with Crippen LogP contribution in [0.15, 0.2) is 65.0 Å². The minimum Gasteiger partial charge on any atom is -0.366 e. The van der Waals surface area contributed by atoms with Gasteiger partial charge in [-0.1, -0.05) is 42.5 Å².